The first-order valence-corrected chi connectivity index (χ1v) is 3.08. The van der Waals surface area contributed by atoms with Crippen LogP contribution in [-0.2, 0) is 9.53 Å². The van der Waals surface area contributed by atoms with Crippen LogP contribution in [0.4, 0.5) is 4.79 Å². The molecule has 3 amide bonds. The molecule has 12 heavy (non-hydrogen) atoms. The third-order valence-electron chi connectivity index (χ3n) is 1.33. The van der Waals surface area contributed by atoms with Gasteiger partial charge in [0.25, 0.3) is 0 Å². The van der Waals surface area contributed by atoms with Crippen molar-refractivity contribution >= 4 is 17.6 Å². The zero-order chi connectivity index (χ0) is 9.14. The summed E-state index contributed by atoms with van der Waals surface area (Å²) in [5.74, 6) is -0.708. The van der Waals surface area contributed by atoms with Crippen LogP contribution >= 0.6 is 0 Å². The summed E-state index contributed by atoms with van der Waals surface area (Å²) >= 11 is 0. The lowest BCUT2D eigenvalue weighted by Gasteiger charge is -2.15. The Morgan fingerprint density at radius 3 is 2.75 bits per heavy atom. The Bertz CT molecular complexity index is 280. The largest absolute Gasteiger partial charge is 0.454 e. The standard InChI is InChI=1S/C5H6N4O3/c1-12-4-2(9-6)3(10)7-5(11)8-4/h4,6H,1H3,(H-,7,8,10,11)/p+1. The molecular weight excluding hydrogens is 164 g/mol. The summed E-state index contributed by atoms with van der Waals surface area (Å²) in [5, 5.41) is 4.18. The fourth-order valence-corrected chi connectivity index (χ4v) is 0.790. The van der Waals surface area contributed by atoms with Crippen molar-refractivity contribution in [2.24, 2.45) is 0 Å². The fourth-order valence-electron chi connectivity index (χ4n) is 0.790. The van der Waals surface area contributed by atoms with Gasteiger partial charge in [0, 0.05) is 7.11 Å². The van der Waals surface area contributed by atoms with E-state index in [1.165, 1.54) is 7.11 Å². The van der Waals surface area contributed by atoms with Crippen molar-refractivity contribution in [3.05, 3.63) is 0 Å². The lowest BCUT2D eigenvalue weighted by Crippen LogP contribution is -2.59. The van der Waals surface area contributed by atoms with E-state index < -0.39 is 18.2 Å². The van der Waals surface area contributed by atoms with Crippen LogP contribution in [0.25, 0.3) is 0 Å². The number of amides is 3. The number of hydrogen-bond donors (Lipinski definition) is 3. The average Bonchev–Trinajstić information content (AvgIpc) is 2.03. The summed E-state index contributed by atoms with van der Waals surface area (Å²) in [7, 11) is 1.30. The Hall–Kier alpha value is -1.72. The number of carbonyl (C=O) groups excluding carboxylic acids is 2. The number of nitrogens with zero attached hydrogens (tertiary/aromatic N) is 1. The molecule has 1 aliphatic rings. The average molecular weight is 171 g/mol. The first kappa shape index (κ1) is 8.38. The number of urea groups is 1. The Labute approximate surface area is 67.3 Å². The minimum Gasteiger partial charge on any atom is -0.351 e. The molecule has 0 bridgehead atoms. The van der Waals surface area contributed by atoms with E-state index in [0.29, 0.717) is 0 Å². The molecule has 1 saturated heterocycles. The number of ether oxygens (including phenoxy) is 1. The van der Waals surface area contributed by atoms with E-state index in [1.54, 1.807) is 0 Å². The van der Waals surface area contributed by atoms with Crippen LogP contribution in [0, 0.1) is 5.53 Å². The first-order valence-electron chi connectivity index (χ1n) is 3.08. The number of imide groups is 1. The summed E-state index contributed by atoms with van der Waals surface area (Å²) in [6.45, 7) is 0. The molecule has 0 aromatic rings. The molecule has 0 spiro atoms. The highest BCUT2D eigenvalue weighted by molar-refractivity contribution is 6.42. The number of methoxy groups -OCH3 is 1. The fraction of sp³-hybridized carbons (Fsp3) is 0.400. The van der Waals surface area contributed by atoms with Crippen LogP contribution < -0.4 is 10.6 Å². The van der Waals surface area contributed by atoms with Crippen molar-refractivity contribution in [1.82, 2.24) is 10.6 Å². The van der Waals surface area contributed by atoms with Gasteiger partial charge < -0.3 is 10.1 Å². The summed E-state index contributed by atoms with van der Waals surface area (Å²) in [6.07, 6.45) is -0.927. The van der Waals surface area contributed by atoms with Gasteiger partial charge in [-0.15, -0.1) is 0 Å². The zero-order valence-electron chi connectivity index (χ0n) is 6.25. The third kappa shape index (κ3) is 1.31. The summed E-state index contributed by atoms with van der Waals surface area (Å²) < 4.78 is 4.69. The molecule has 0 radical (unpaired) electrons. The normalized spacial score (nSPS) is 22.8. The van der Waals surface area contributed by atoms with Crippen molar-refractivity contribution in [2.45, 2.75) is 6.23 Å². The minimum absolute atomic E-state index is 0.169. The maximum Gasteiger partial charge on any atom is 0.454 e. The predicted octanol–water partition coefficient (Wildman–Crippen LogP) is -1.52. The topological polar surface area (TPSA) is 105 Å². The van der Waals surface area contributed by atoms with Crippen LogP contribution in [0.1, 0.15) is 0 Å². The smallest absolute Gasteiger partial charge is 0.351 e. The van der Waals surface area contributed by atoms with Crippen molar-refractivity contribution in [2.75, 3.05) is 7.11 Å². The van der Waals surface area contributed by atoms with Crippen LogP contribution in [0.15, 0.2) is 0 Å². The van der Waals surface area contributed by atoms with Crippen LogP contribution in [0.3, 0.4) is 0 Å². The molecule has 1 unspecified atom stereocenters. The van der Waals surface area contributed by atoms with E-state index >= 15 is 0 Å². The van der Waals surface area contributed by atoms with E-state index in [4.69, 9.17) is 10.3 Å². The molecule has 3 N–H and O–H groups in total. The van der Waals surface area contributed by atoms with Crippen LogP contribution in [0.2, 0.25) is 0 Å². The molecule has 0 saturated carbocycles. The van der Waals surface area contributed by atoms with Gasteiger partial charge >= 0.3 is 17.6 Å². The second-order valence-corrected chi connectivity index (χ2v) is 2.04. The Morgan fingerprint density at radius 2 is 2.25 bits per heavy atom. The molecule has 0 aromatic heterocycles. The highest BCUT2D eigenvalue weighted by Crippen LogP contribution is 1.93. The Balaban J connectivity index is 2.92. The Morgan fingerprint density at radius 1 is 1.58 bits per heavy atom. The van der Waals surface area contributed by atoms with Crippen LogP contribution in [-0.4, -0.2) is 35.8 Å². The maximum atomic E-state index is 10.9. The highest BCUT2D eigenvalue weighted by Gasteiger charge is 2.40. The van der Waals surface area contributed by atoms with E-state index in [-0.39, 0.29) is 5.71 Å². The quantitative estimate of drug-likeness (QED) is 0.329. The molecule has 7 nitrogen and oxygen atoms in total. The van der Waals surface area contributed by atoms with Gasteiger partial charge in [-0.05, 0) is 0 Å². The maximum absolute atomic E-state index is 10.9. The first-order chi connectivity index (χ1) is 5.69. The number of carbonyl (C=O) groups is 2. The second-order valence-electron chi connectivity index (χ2n) is 2.04. The van der Waals surface area contributed by atoms with E-state index in [2.05, 4.69) is 10.1 Å². The molecule has 1 rings (SSSR count). The van der Waals surface area contributed by atoms with Gasteiger partial charge in [-0.3, -0.25) is 10.1 Å². The molecule has 1 aliphatic heterocycles. The van der Waals surface area contributed by atoms with Gasteiger partial charge in [0.05, 0.1) is 10.3 Å². The van der Waals surface area contributed by atoms with Gasteiger partial charge in [-0.25, -0.2) is 4.79 Å². The molecule has 0 aromatic carbocycles. The number of nitrogens with one attached hydrogen (secondary N) is 3. The van der Waals surface area contributed by atoms with E-state index in [1.807, 2.05) is 5.32 Å². The summed E-state index contributed by atoms with van der Waals surface area (Å²) in [4.78, 5) is 24.5. The zero-order valence-corrected chi connectivity index (χ0v) is 6.25. The lowest BCUT2D eigenvalue weighted by molar-refractivity contribution is -0.146. The van der Waals surface area contributed by atoms with Gasteiger partial charge in [0.1, 0.15) is 0 Å². The van der Waals surface area contributed by atoms with Crippen molar-refractivity contribution in [3.63, 3.8) is 0 Å². The minimum atomic E-state index is -0.927. The van der Waals surface area contributed by atoms with Crippen molar-refractivity contribution in [3.8, 4) is 0 Å². The molecule has 1 fully saturated rings. The Kier molecular flexibility index (Phi) is 2.18. The molecule has 64 valence electrons. The molecule has 1 heterocycles. The molecular formula is C5H7N4O3+. The van der Waals surface area contributed by atoms with Gasteiger partial charge in [-0.1, -0.05) is 0 Å². The third-order valence-corrected chi connectivity index (χ3v) is 1.33. The predicted molar refractivity (Wildman–Crippen MR) is 35.5 cm³/mol. The lowest BCUT2D eigenvalue weighted by atomic mass is 10.2. The van der Waals surface area contributed by atoms with Gasteiger partial charge in [0.2, 0.25) is 6.23 Å². The number of hydrogen-bond acceptors (Lipinski definition) is 4. The number of rotatable bonds is 1. The van der Waals surface area contributed by atoms with Crippen LogP contribution in [0.5, 0.6) is 0 Å². The van der Waals surface area contributed by atoms with Gasteiger partial charge in [0.15, 0.2) is 0 Å². The monoisotopic (exact) mass is 171 g/mol. The van der Waals surface area contributed by atoms with Crippen molar-refractivity contribution < 1.29 is 19.1 Å². The molecule has 0 aliphatic carbocycles. The molecule has 1 atom stereocenters. The molecule has 7 heteroatoms. The second kappa shape index (κ2) is 3.12. The summed E-state index contributed by atoms with van der Waals surface area (Å²) in [6, 6.07) is -0.653. The van der Waals surface area contributed by atoms with E-state index in [9.17, 15) is 9.59 Å². The highest BCUT2D eigenvalue weighted by atomic mass is 16.5. The van der Waals surface area contributed by atoms with Gasteiger partial charge in [-0.2, -0.15) is 0 Å². The van der Waals surface area contributed by atoms with Crippen molar-refractivity contribution in [1.29, 1.82) is 5.53 Å². The van der Waals surface area contributed by atoms with E-state index in [0.717, 1.165) is 0 Å². The SMILES string of the molecule is COC1NC(=O)NC(=O)C1=[N+]=N. The summed E-state index contributed by atoms with van der Waals surface area (Å²) in [5.41, 5.74) is 6.45.